The molecule has 1 N–H and O–H groups in total. The standard InChI is InChI=1S/C13H20O3S2/c14-18(15,16)6-2-5-17-13-8-9-7-12(13)11-4-1-3-10(9)11/h1,3,9-13H,2,4-8H2,(H,14,15,16)/t9-,10-,11-,12-,13-/m1/s1. The fourth-order valence-electron chi connectivity index (χ4n) is 4.16. The van der Waals surface area contributed by atoms with Gasteiger partial charge in [0.25, 0.3) is 10.1 Å². The van der Waals surface area contributed by atoms with E-state index in [1.807, 2.05) is 11.8 Å². The summed E-state index contributed by atoms with van der Waals surface area (Å²) in [6.45, 7) is 0. The number of allylic oxidation sites excluding steroid dienone is 2. The molecule has 0 radical (unpaired) electrons. The van der Waals surface area contributed by atoms with Gasteiger partial charge in [0, 0.05) is 5.25 Å². The van der Waals surface area contributed by atoms with Crippen LogP contribution in [0.4, 0.5) is 0 Å². The highest BCUT2D eigenvalue weighted by Crippen LogP contribution is 2.59. The first-order valence-electron chi connectivity index (χ1n) is 6.78. The van der Waals surface area contributed by atoms with Crippen LogP contribution in [0.25, 0.3) is 0 Å². The van der Waals surface area contributed by atoms with Crippen LogP contribution in [-0.4, -0.2) is 29.7 Å². The SMILES string of the molecule is O=S(=O)(O)CCCS[C@@H]1C[C@H]2C[C@@H]1[C@@H]1CC=C[C@H]21. The molecule has 2 fully saturated rings. The lowest BCUT2D eigenvalue weighted by atomic mass is 9.81. The van der Waals surface area contributed by atoms with E-state index >= 15 is 0 Å². The monoisotopic (exact) mass is 288 g/mol. The molecule has 3 rings (SSSR count). The predicted octanol–water partition coefficient (Wildman–Crippen LogP) is 2.60. The predicted molar refractivity (Wildman–Crippen MR) is 74.2 cm³/mol. The molecule has 3 aliphatic carbocycles. The third kappa shape index (κ3) is 2.49. The zero-order valence-electron chi connectivity index (χ0n) is 10.4. The molecule has 5 heteroatoms. The van der Waals surface area contributed by atoms with Gasteiger partial charge < -0.3 is 0 Å². The second kappa shape index (κ2) is 4.84. The van der Waals surface area contributed by atoms with E-state index in [1.54, 1.807) is 0 Å². The highest BCUT2D eigenvalue weighted by Gasteiger charge is 2.52. The molecule has 102 valence electrons. The lowest BCUT2D eigenvalue weighted by Crippen LogP contribution is -2.26. The lowest BCUT2D eigenvalue weighted by molar-refractivity contribution is 0.292. The summed E-state index contributed by atoms with van der Waals surface area (Å²) in [7, 11) is -3.77. The average Bonchev–Trinajstić information content (AvgIpc) is 2.94. The van der Waals surface area contributed by atoms with E-state index in [0.29, 0.717) is 6.42 Å². The molecule has 0 amide bonds. The quantitative estimate of drug-likeness (QED) is 0.480. The Morgan fingerprint density at radius 1 is 1.28 bits per heavy atom. The zero-order chi connectivity index (χ0) is 12.8. The number of thioether (sulfide) groups is 1. The normalized spacial score (nSPS) is 41.5. The largest absolute Gasteiger partial charge is 0.286 e. The molecule has 2 saturated carbocycles. The molecule has 3 aliphatic rings. The van der Waals surface area contributed by atoms with E-state index in [-0.39, 0.29) is 5.75 Å². The summed E-state index contributed by atoms with van der Waals surface area (Å²) in [4.78, 5) is 0. The third-order valence-corrected chi connectivity index (χ3v) is 7.12. The summed E-state index contributed by atoms with van der Waals surface area (Å²) in [5.41, 5.74) is 0. The van der Waals surface area contributed by atoms with E-state index in [9.17, 15) is 8.42 Å². The Kier molecular flexibility index (Phi) is 3.49. The van der Waals surface area contributed by atoms with Crippen molar-refractivity contribution >= 4 is 21.9 Å². The summed E-state index contributed by atoms with van der Waals surface area (Å²) in [6.07, 6.45) is 9.30. The number of rotatable bonds is 5. The molecule has 5 atom stereocenters. The Hall–Kier alpha value is -0.000000000000000111. The fraction of sp³-hybridized carbons (Fsp3) is 0.846. The van der Waals surface area contributed by atoms with Gasteiger partial charge in [-0.15, -0.1) is 0 Å². The molecule has 3 nitrogen and oxygen atoms in total. The van der Waals surface area contributed by atoms with Gasteiger partial charge in [-0.25, -0.2) is 0 Å². The summed E-state index contributed by atoms with van der Waals surface area (Å²) in [5.74, 6) is 4.24. The van der Waals surface area contributed by atoms with Gasteiger partial charge in [0.1, 0.15) is 0 Å². The number of hydrogen-bond donors (Lipinski definition) is 1. The van der Waals surface area contributed by atoms with Crippen LogP contribution in [0.2, 0.25) is 0 Å². The molecular formula is C13H20O3S2. The Bertz CT molecular complexity index is 443. The molecule has 0 aromatic heterocycles. The maximum absolute atomic E-state index is 10.6. The van der Waals surface area contributed by atoms with Gasteiger partial charge in [-0.2, -0.15) is 20.2 Å². The third-order valence-electron chi connectivity index (χ3n) is 4.82. The van der Waals surface area contributed by atoms with Crippen molar-refractivity contribution in [1.29, 1.82) is 0 Å². The van der Waals surface area contributed by atoms with Gasteiger partial charge in [0.2, 0.25) is 0 Å². The summed E-state index contributed by atoms with van der Waals surface area (Å²) < 4.78 is 30.0. The van der Waals surface area contributed by atoms with E-state index < -0.39 is 10.1 Å². The first kappa shape index (κ1) is 13.0. The maximum atomic E-state index is 10.6. The van der Waals surface area contributed by atoms with Crippen molar-refractivity contribution in [2.24, 2.45) is 23.7 Å². The first-order valence-corrected chi connectivity index (χ1v) is 9.44. The molecule has 0 aromatic carbocycles. The average molecular weight is 288 g/mol. The van der Waals surface area contributed by atoms with E-state index in [0.717, 1.165) is 34.7 Å². The molecule has 0 aliphatic heterocycles. The Labute approximate surface area is 113 Å². The molecule has 18 heavy (non-hydrogen) atoms. The Balaban J connectivity index is 1.46. The van der Waals surface area contributed by atoms with Gasteiger partial charge in [-0.1, -0.05) is 12.2 Å². The van der Waals surface area contributed by atoms with Crippen molar-refractivity contribution in [3.8, 4) is 0 Å². The van der Waals surface area contributed by atoms with Gasteiger partial charge in [0.05, 0.1) is 5.75 Å². The molecule has 0 aromatic rings. The van der Waals surface area contributed by atoms with Gasteiger partial charge in [-0.05, 0) is 55.1 Å². The van der Waals surface area contributed by atoms with Gasteiger partial charge in [0.15, 0.2) is 0 Å². The van der Waals surface area contributed by atoms with Crippen molar-refractivity contribution in [2.45, 2.75) is 30.9 Å². The summed E-state index contributed by atoms with van der Waals surface area (Å²) >= 11 is 1.93. The van der Waals surface area contributed by atoms with E-state index in [1.165, 1.54) is 19.3 Å². The van der Waals surface area contributed by atoms with Crippen LogP contribution in [0.1, 0.15) is 25.7 Å². The Morgan fingerprint density at radius 3 is 2.89 bits per heavy atom. The highest BCUT2D eigenvalue weighted by molar-refractivity contribution is 7.99. The van der Waals surface area contributed by atoms with Crippen LogP contribution in [0.15, 0.2) is 12.2 Å². The maximum Gasteiger partial charge on any atom is 0.264 e. The van der Waals surface area contributed by atoms with Crippen LogP contribution in [0.5, 0.6) is 0 Å². The second-order valence-electron chi connectivity index (χ2n) is 5.85. The van der Waals surface area contributed by atoms with E-state index in [4.69, 9.17) is 4.55 Å². The van der Waals surface area contributed by atoms with Crippen molar-refractivity contribution in [3.05, 3.63) is 12.2 Å². The van der Waals surface area contributed by atoms with Gasteiger partial charge >= 0.3 is 0 Å². The van der Waals surface area contributed by atoms with Crippen molar-refractivity contribution in [2.75, 3.05) is 11.5 Å². The number of hydrogen-bond acceptors (Lipinski definition) is 3. The van der Waals surface area contributed by atoms with Crippen molar-refractivity contribution in [1.82, 2.24) is 0 Å². The van der Waals surface area contributed by atoms with Crippen LogP contribution in [0.3, 0.4) is 0 Å². The minimum atomic E-state index is -3.77. The Morgan fingerprint density at radius 2 is 2.11 bits per heavy atom. The van der Waals surface area contributed by atoms with Crippen molar-refractivity contribution in [3.63, 3.8) is 0 Å². The molecule has 0 saturated heterocycles. The minimum absolute atomic E-state index is 0.0889. The summed E-state index contributed by atoms with van der Waals surface area (Å²) in [6, 6.07) is 0. The molecular weight excluding hydrogens is 268 g/mol. The van der Waals surface area contributed by atoms with Crippen LogP contribution in [-0.2, 0) is 10.1 Å². The summed E-state index contributed by atoms with van der Waals surface area (Å²) in [5, 5.41) is 0.734. The zero-order valence-corrected chi connectivity index (χ0v) is 12.0. The lowest BCUT2D eigenvalue weighted by Gasteiger charge is -2.31. The van der Waals surface area contributed by atoms with Crippen LogP contribution >= 0.6 is 11.8 Å². The molecule has 0 heterocycles. The molecule has 2 bridgehead atoms. The van der Waals surface area contributed by atoms with Crippen LogP contribution in [0, 0.1) is 23.7 Å². The van der Waals surface area contributed by atoms with Crippen LogP contribution < -0.4 is 0 Å². The topological polar surface area (TPSA) is 54.4 Å². The molecule has 0 spiro atoms. The van der Waals surface area contributed by atoms with E-state index in [2.05, 4.69) is 12.2 Å². The fourth-order valence-corrected chi connectivity index (χ4v) is 6.41. The van der Waals surface area contributed by atoms with Gasteiger partial charge in [-0.3, -0.25) is 4.55 Å². The number of fused-ring (bicyclic) bond motifs is 5. The second-order valence-corrected chi connectivity index (χ2v) is 8.77. The van der Waals surface area contributed by atoms with Crippen molar-refractivity contribution < 1.29 is 13.0 Å². The molecule has 0 unspecified atom stereocenters. The first-order chi connectivity index (χ1) is 8.54. The smallest absolute Gasteiger partial charge is 0.264 e. The minimum Gasteiger partial charge on any atom is -0.286 e. The highest BCUT2D eigenvalue weighted by atomic mass is 32.2.